The molecule has 19 heavy (non-hydrogen) atoms. The highest BCUT2D eigenvalue weighted by atomic mass is 16.5. The fraction of sp³-hybridized carbons (Fsp3) is 0.333. The van der Waals surface area contributed by atoms with Gasteiger partial charge >= 0.3 is 5.97 Å². The minimum Gasteiger partial charge on any atom is -0.423 e. The topological polar surface area (TPSA) is 55.4 Å². The molecule has 0 aliphatic heterocycles. The molecule has 1 aromatic rings. The zero-order chi connectivity index (χ0) is 14.4. The predicted octanol–water partition coefficient (Wildman–Crippen LogP) is 3.15. The lowest BCUT2D eigenvalue weighted by atomic mass is 10.1. The second-order valence-electron chi connectivity index (χ2n) is 4.49. The highest BCUT2D eigenvalue weighted by Gasteiger charge is 2.10. The number of anilines is 1. The second-order valence-corrected chi connectivity index (χ2v) is 4.49. The molecule has 0 saturated heterocycles. The van der Waals surface area contributed by atoms with Gasteiger partial charge in [0.05, 0.1) is 0 Å². The molecular formula is C15H19NO3. The van der Waals surface area contributed by atoms with Gasteiger partial charge in [0.15, 0.2) is 0 Å². The van der Waals surface area contributed by atoms with E-state index in [-0.39, 0.29) is 11.8 Å². The average molecular weight is 261 g/mol. The Morgan fingerprint density at radius 3 is 2.37 bits per heavy atom. The number of rotatable bonds is 5. The maximum atomic E-state index is 11.7. The number of benzene rings is 1. The van der Waals surface area contributed by atoms with Gasteiger partial charge in [-0.3, -0.25) is 4.79 Å². The lowest BCUT2D eigenvalue weighted by Crippen LogP contribution is -2.19. The first-order chi connectivity index (χ1) is 8.93. The molecule has 4 heteroatoms. The van der Waals surface area contributed by atoms with Gasteiger partial charge in [0, 0.05) is 17.2 Å². The normalized spacial score (nSPS) is 11.5. The van der Waals surface area contributed by atoms with Crippen LogP contribution < -0.4 is 10.1 Å². The quantitative estimate of drug-likeness (QED) is 0.503. The smallest absolute Gasteiger partial charge is 0.338 e. The van der Waals surface area contributed by atoms with Gasteiger partial charge in [0.2, 0.25) is 5.91 Å². The Morgan fingerprint density at radius 1 is 1.32 bits per heavy atom. The Hall–Kier alpha value is -2.10. The third kappa shape index (κ3) is 4.58. The summed E-state index contributed by atoms with van der Waals surface area (Å²) in [4.78, 5) is 23.0. The minimum absolute atomic E-state index is 0.0193. The molecule has 0 radical (unpaired) electrons. The van der Waals surface area contributed by atoms with Crippen molar-refractivity contribution < 1.29 is 14.3 Å². The third-order valence-electron chi connectivity index (χ3n) is 2.74. The zero-order valence-electron chi connectivity index (χ0n) is 11.5. The largest absolute Gasteiger partial charge is 0.423 e. The fourth-order valence-electron chi connectivity index (χ4n) is 1.25. The standard InChI is InChI=1S/C15H19NO3/c1-5-11(4)14(17)16-12-6-8-13(9-7-12)19-15(18)10(2)3/h6-9,11H,2,5H2,1,3-4H3,(H,16,17). The molecule has 0 fully saturated rings. The van der Waals surface area contributed by atoms with E-state index in [2.05, 4.69) is 11.9 Å². The SMILES string of the molecule is C=C(C)C(=O)Oc1ccc(NC(=O)C(C)CC)cc1. The van der Waals surface area contributed by atoms with Crippen LogP contribution in [0.15, 0.2) is 36.4 Å². The van der Waals surface area contributed by atoms with E-state index < -0.39 is 5.97 Å². The van der Waals surface area contributed by atoms with Crippen molar-refractivity contribution in [2.45, 2.75) is 27.2 Å². The van der Waals surface area contributed by atoms with E-state index >= 15 is 0 Å². The Kier molecular flexibility index (Phi) is 5.30. The monoisotopic (exact) mass is 261 g/mol. The number of amides is 1. The molecule has 1 amide bonds. The van der Waals surface area contributed by atoms with Gasteiger partial charge in [-0.25, -0.2) is 4.79 Å². The van der Waals surface area contributed by atoms with Gasteiger partial charge in [-0.05, 0) is 37.6 Å². The van der Waals surface area contributed by atoms with E-state index in [0.717, 1.165) is 6.42 Å². The summed E-state index contributed by atoms with van der Waals surface area (Å²) in [6, 6.07) is 6.66. The van der Waals surface area contributed by atoms with Gasteiger partial charge in [-0.1, -0.05) is 20.4 Å². The van der Waals surface area contributed by atoms with Crippen LogP contribution in [0.5, 0.6) is 5.75 Å². The lowest BCUT2D eigenvalue weighted by Gasteiger charge is -2.10. The molecule has 0 saturated carbocycles. The van der Waals surface area contributed by atoms with Crippen molar-refractivity contribution in [1.29, 1.82) is 0 Å². The van der Waals surface area contributed by atoms with Crippen LogP contribution in [0.25, 0.3) is 0 Å². The minimum atomic E-state index is -0.462. The van der Waals surface area contributed by atoms with Crippen molar-refractivity contribution in [3.63, 3.8) is 0 Å². The number of nitrogens with one attached hydrogen (secondary N) is 1. The average Bonchev–Trinajstić information content (AvgIpc) is 2.39. The van der Waals surface area contributed by atoms with Crippen LogP contribution >= 0.6 is 0 Å². The van der Waals surface area contributed by atoms with Gasteiger partial charge in [-0.2, -0.15) is 0 Å². The molecule has 0 spiro atoms. The van der Waals surface area contributed by atoms with E-state index in [4.69, 9.17) is 4.74 Å². The highest BCUT2D eigenvalue weighted by molar-refractivity contribution is 5.92. The van der Waals surface area contributed by atoms with Gasteiger partial charge in [0.25, 0.3) is 0 Å². The Bertz CT molecular complexity index is 477. The van der Waals surface area contributed by atoms with Gasteiger partial charge in [-0.15, -0.1) is 0 Å². The van der Waals surface area contributed by atoms with Crippen LogP contribution in [-0.4, -0.2) is 11.9 Å². The summed E-state index contributed by atoms with van der Waals surface area (Å²) in [6.45, 7) is 8.93. The molecular weight excluding hydrogens is 242 g/mol. The van der Waals surface area contributed by atoms with E-state index in [1.165, 1.54) is 0 Å². The molecule has 1 rings (SSSR count). The van der Waals surface area contributed by atoms with Crippen LogP contribution in [0.1, 0.15) is 27.2 Å². The molecule has 1 aromatic carbocycles. The van der Waals surface area contributed by atoms with Crippen LogP contribution in [0.2, 0.25) is 0 Å². The molecule has 0 bridgehead atoms. The number of carbonyl (C=O) groups is 2. The number of ether oxygens (including phenoxy) is 1. The van der Waals surface area contributed by atoms with Crippen molar-refractivity contribution in [2.75, 3.05) is 5.32 Å². The predicted molar refractivity (Wildman–Crippen MR) is 75.0 cm³/mol. The summed E-state index contributed by atoms with van der Waals surface area (Å²) in [6.07, 6.45) is 0.792. The molecule has 0 aromatic heterocycles. The first kappa shape index (κ1) is 15.0. The maximum absolute atomic E-state index is 11.7. The van der Waals surface area contributed by atoms with E-state index in [1.807, 2.05) is 13.8 Å². The summed E-state index contributed by atoms with van der Waals surface area (Å²) in [5, 5.41) is 2.80. The van der Waals surface area contributed by atoms with Crippen LogP contribution in [-0.2, 0) is 9.59 Å². The molecule has 102 valence electrons. The Morgan fingerprint density at radius 2 is 1.89 bits per heavy atom. The van der Waals surface area contributed by atoms with Crippen molar-refractivity contribution in [3.05, 3.63) is 36.4 Å². The van der Waals surface area contributed by atoms with E-state index in [9.17, 15) is 9.59 Å². The molecule has 1 unspecified atom stereocenters. The van der Waals surface area contributed by atoms with Crippen LogP contribution in [0.3, 0.4) is 0 Å². The summed E-state index contributed by atoms with van der Waals surface area (Å²) < 4.78 is 5.05. The second kappa shape index (κ2) is 6.73. The molecule has 0 heterocycles. The highest BCUT2D eigenvalue weighted by Crippen LogP contribution is 2.17. The van der Waals surface area contributed by atoms with Gasteiger partial charge < -0.3 is 10.1 Å². The molecule has 1 atom stereocenters. The molecule has 4 nitrogen and oxygen atoms in total. The van der Waals surface area contributed by atoms with Crippen molar-refractivity contribution in [2.24, 2.45) is 5.92 Å². The Labute approximate surface area is 113 Å². The maximum Gasteiger partial charge on any atom is 0.338 e. The van der Waals surface area contributed by atoms with Crippen molar-refractivity contribution in [1.82, 2.24) is 0 Å². The summed E-state index contributed by atoms with van der Waals surface area (Å²) >= 11 is 0. The first-order valence-electron chi connectivity index (χ1n) is 6.22. The molecule has 0 aliphatic rings. The lowest BCUT2D eigenvalue weighted by molar-refractivity contribution is -0.130. The number of hydrogen-bond acceptors (Lipinski definition) is 3. The number of hydrogen-bond donors (Lipinski definition) is 1. The summed E-state index contributed by atoms with van der Waals surface area (Å²) in [7, 11) is 0. The zero-order valence-corrected chi connectivity index (χ0v) is 11.5. The molecule has 0 aliphatic carbocycles. The van der Waals surface area contributed by atoms with Crippen LogP contribution in [0.4, 0.5) is 5.69 Å². The fourth-order valence-corrected chi connectivity index (χ4v) is 1.25. The first-order valence-corrected chi connectivity index (χ1v) is 6.22. The van der Waals surface area contributed by atoms with Crippen molar-refractivity contribution >= 4 is 17.6 Å². The Balaban J connectivity index is 2.64. The van der Waals surface area contributed by atoms with E-state index in [0.29, 0.717) is 17.0 Å². The third-order valence-corrected chi connectivity index (χ3v) is 2.74. The van der Waals surface area contributed by atoms with Crippen molar-refractivity contribution in [3.8, 4) is 5.75 Å². The van der Waals surface area contributed by atoms with Gasteiger partial charge in [0.1, 0.15) is 5.75 Å². The number of esters is 1. The molecule has 1 N–H and O–H groups in total. The number of carbonyl (C=O) groups excluding carboxylic acids is 2. The van der Waals surface area contributed by atoms with E-state index in [1.54, 1.807) is 31.2 Å². The van der Waals surface area contributed by atoms with Crippen LogP contribution in [0, 0.1) is 5.92 Å². The summed E-state index contributed by atoms with van der Waals surface area (Å²) in [5.41, 5.74) is 1.02. The summed E-state index contributed by atoms with van der Waals surface area (Å²) in [5.74, 6) is -0.0824.